The summed E-state index contributed by atoms with van der Waals surface area (Å²) < 4.78 is 0. The molecule has 0 aliphatic heterocycles. The Morgan fingerprint density at radius 1 is 1.29 bits per heavy atom. The van der Waals surface area contributed by atoms with E-state index in [0.717, 1.165) is 36.7 Å². The van der Waals surface area contributed by atoms with Crippen LogP contribution in [0.15, 0.2) is 6.33 Å². The Morgan fingerprint density at radius 2 is 2.21 bits per heavy atom. The SMILES string of the molecule is Cc1nc(CCCc2ncn[nH]2)n[nH]1. The number of hydrogen-bond acceptors (Lipinski definition) is 4. The molecule has 2 rings (SSSR count). The highest BCUT2D eigenvalue weighted by Crippen LogP contribution is 2.00. The molecule has 0 unspecified atom stereocenters. The molecule has 0 aromatic carbocycles. The third-order valence-electron chi connectivity index (χ3n) is 1.92. The molecule has 2 N–H and O–H groups in total. The van der Waals surface area contributed by atoms with Crippen LogP contribution in [0.4, 0.5) is 0 Å². The van der Waals surface area contributed by atoms with Gasteiger partial charge in [-0.2, -0.15) is 10.2 Å². The molecule has 2 aromatic heterocycles. The minimum atomic E-state index is 0.861. The van der Waals surface area contributed by atoms with Gasteiger partial charge in [-0.25, -0.2) is 9.97 Å². The summed E-state index contributed by atoms with van der Waals surface area (Å²) in [5.74, 6) is 2.64. The van der Waals surface area contributed by atoms with Crippen molar-refractivity contribution >= 4 is 0 Å². The van der Waals surface area contributed by atoms with Gasteiger partial charge >= 0.3 is 0 Å². The van der Waals surface area contributed by atoms with Crippen molar-refractivity contribution in [1.29, 1.82) is 0 Å². The van der Waals surface area contributed by atoms with Gasteiger partial charge in [-0.15, -0.1) is 0 Å². The lowest BCUT2D eigenvalue weighted by atomic mass is 10.2. The highest BCUT2D eigenvalue weighted by Gasteiger charge is 2.01. The minimum Gasteiger partial charge on any atom is -0.263 e. The van der Waals surface area contributed by atoms with Crippen LogP contribution < -0.4 is 0 Å². The van der Waals surface area contributed by atoms with Crippen LogP contribution >= 0.6 is 0 Å². The number of rotatable bonds is 4. The zero-order chi connectivity index (χ0) is 9.80. The van der Waals surface area contributed by atoms with E-state index < -0.39 is 0 Å². The molecular weight excluding hydrogens is 180 g/mol. The van der Waals surface area contributed by atoms with E-state index >= 15 is 0 Å². The van der Waals surface area contributed by atoms with E-state index in [-0.39, 0.29) is 0 Å². The van der Waals surface area contributed by atoms with E-state index in [4.69, 9.17) is 0 Å². The fourth-order valence-electron chi connectivity index (χ4n) is 1.27. The molecule has 2 heterocycles. The smallest absolute Gasteiger partial charge is 0.150 e. The van der Waals surface area contributed by atoms with Gasteiger partial charge in [0.25, 0.3) is 0 Å². The third kappa shape index (κ3) is 2.15. The van der Waals surface area contributed by atoms with Crippen LogP contribution in [0.5, 0.6) is 0 Å². The molecule has 0 fully saturated rings. The van der Waals surface area contributed by atoms with E-state index in [1.54, 1.807) is 0 Å². The highest BCUT2D eigenvalue weighted by molar-refractivity contribution is 4.89. The van der Waals surface area contributed by atoms with Gasteiger partial charge in [-0.3, -0.25) is 10.2 Å². The molecule has 0 amide bonds. The van der Waals surface area contributed by atoms with Crippen LogP contribution in [0, 0.1) is 6.92 Å². The first-order chi connectivity index (χ1) is 6.84. The van der Waals surface area contributed by atoms with Gasteiger partial charge in [0.05, 0.1) is 0 Å². The number of nitrogens with zero attached hydrogens (tertiary/aromatic N) is 4. The summed E-state index contributed by atoms with van der Waals surface area (Å²) >= 11 is 0. The molecule has 0 bridgehead atoms. The first-order valence-electron chi connectivity index (χ1n) is 4.57. The van der Waals surface area contributed by atoms with Crippen LogP contribution in [0.25, 0.3) is 0 Å². The molecule has 2 aromatic rings. The Bertz CT molecular complexity index is 376. The second-order valence-corrected chi connectivity index (χ2v) is 3.12. The number of aryl methyl sites for hydroxylation is 3. The predicted molar refractivity (Wildman–Crippen MR) is 49.5 cm³/mol. The van der Waals surface area contributed by atoms with Crippen molar-refractivity contribution in [2.24, 2.45) is 0 Å². The Balaban J connectivity index is 1.78. The average Bonchev–Trinajstić information content (AvgIpc) is 2.77. The van der Waals surface area contributed by atoms with Gasteiger partial charge in [0.15, 0.2) is 5.82 Å². The summed E-state index contributed by atoms with van der Waals surface area (Å²) in [4.78, 5) is 8.25. The van der Waals surface area contributed by atoms with Crippen LogP contribution in [0.2, 0.25) is 0 Å². The molecule has 74 valence electrons. The summed E-state index contributed by atoms with van der Waals surface area (Å²) in [6.07, 6.45) is 4.25. The lowest BCUT2D eigenvalue weighted by Crippen LogP contribution is -1.94. The van der Waals surface area contributed by atoms with Gasteiger partial charge in [0, 0.05) is 12.8 Å². The molecule has 0 aliphatic carbocycles. The summed E-state index contributed by atoms with van der Waals surface area (Å²) in [6, 6.07) is 0. The standard InChI is InChI=1S/C8H12N6/c1-6-11-8(14-12-6)4-2-3-7-9-5-10-13-7/h5H,2-4H2,1H3,(H,9,10,13)(H,11,12,14). The molecule has 14 heavy (non-hydrogen) atoms. The molecule has 6 nitrogen and oxygen atoms in total. The van der Waals surface area contributed by atoms with E-state index in [0.29, 0.717) is 0 Å². The fourth-order valence-corrected chi connectivity index (χ4v) is 1.27. The Hall–Kier alpha value is -1.72. The molecular formula is C8H12N6. The van der Waals surface area contributed by atoms with Crippen molar-refractivity contribution in [3.63, 3.8) is 0 Å². The van der Waals surface area contributed by atoms with E-state index in [2.05, 4.69) is 30.4 Å². The summed E-state index contributed by atoms with van der Waals surface area (Å²) in [6.45, 7) is 1.90. The van der Waals surface area contributed by atoms with E-state index in [9.17, 15) is 0 Å². The maximum atomic E-state index is 4.22. The van der Waals surface area contributed by atoms with Crippen LogP contribution in [-0.4, -0.2) is 30.4 Å². The van der Waals surface area contributed by atoms with Gasteiger partial charge < -0.3 is 0 Å². The summed E-state index contributed by atoms with van der Waals surface area (Å²) in [5, 5.41) is 13.5. The second-order valence-electron chi connectivity index (χ2n) is 3.12. The maximum Gasteiger partial charge on any atom is 0.150 e. The first kappa shape index (κ1) is 8.86. The molecule has 0 radical (unpaired) electrons. The van der Waals surface area contributed by atoms with Crippen molar-refractivity contribution < 1.29 is 0 Å². The number of H-pyrrole nitrogens is 2. The summed E-state index contributed by atoms with van der Waals surface area (Å²) in [5.41, 5.74) is 0. The monoisotopic (exact) mass is 192 g/mol. The molecule has 0 aliphatic rings. The van der Waals surface area contributed by atoms with Crippen molar-refractivity contribution in [3.05, 3.63) is 23.8 Å². The van der Waals surface area contributed by atoms with Crippen molar-refractivity contribution in [3.8, 4) is 0 Å². The van der Waals surface area contributed by atoms with Crippen LogP contribution in [0.1, 0.15) is 23.9 Å². The number of aromatic nitrogens is 6. The first-order valence-corrected chi connectivity index (χ1v) is 4.57. The van der Waals surface area contributed by atoms with Gasteiger partial charge in [0.2, 0.25) is 0 Å². The van der Waals surface area contributed by atoms with E-state index in [1.807, 2.05) is 6.92 Å². The van der Waals surface area contributed by atoms with Crippen LogP contribution in [-0.2, 0) is 12.8 Å². The van der Waals surface area contributed by atoms with Crippen LogP contribution in [0.3, 0.4) is 0 Å². The number of nitrogens with one attached hydrogen (secondary N) is 2. The number of hydrogen-bond donors (Lipinski definition) is 2. The van der Waals surface area contributed by atoms with Crippen molar-refractivity contribution in [1.82, 2.24) is 30.4 Å². The predicted octanol–water partition coefficient (Wildman–Crippen LogP) is 0.407. The Labute approximate surface area is 81.2 Å². The lowest BCUT2D eigenvalue weighted by Gasteiger charge is -1.93. The molecule has 6 heteroatoms. The van der Waals surface area contributed by atoms with Gasteiger partial charge in [-0.05, 0) is 13.3 Å². The molecule has 0 saturated carbocycles. The average molecular weight is 192 g/mol. The molecule has 0 spiro atoms. The minimum absolute atomic E-state index is 0.861. The normalized spacial score (nSPS) is 10.6. The Kier molecular flexibility index (Phi) is 2.53. The summed E-state index contributed by atoms with van der Waals surface area (Å²) in [7, 11) is 0. The van der Waals surface area contributed by atoms with Gasteiger partial charge in [0.1, 0.15) is 18.0 Å². The molecule has 0 saturated heterocycles. The topological polar surface area (TPSA) is 83.1 Å². The highest BCUT2D eigenvalue weighted by atomic mass is 15.2. The quantitative estimate of drug-likeness (QED) is 0.734. The fraction of sp³-hybridized carbons (Fsp3) is 0.500. The third-order valence-corrected chi connectivity index (χ3v) is 1.92. The maximum absolute atomic E-state index is 4.22. The second kappa shape index (κ2) is 3.99. The van der Waals surface area contributed by atoms with E-state index in [1.165, 1.54) is 6.33 Å². The van der Waals surface area contributed by atoms with Gasteiger partial charge in [-0.1, -0.05) is 0 Å². The number of aromatic amines is 2. The van der Waals surface area contributed by atoms with Crippen molar-refractivity contribution in [2.45, 2.75) is 26.2 Å². The lowest BCUT2D eigenvalue weighted by molar-refractivity contribution is 0.743. The Morgan fingerprint density at radius 3 is 2.86 bits per heavy atom. The zero-order valence-corrected chi connectivity index (χ0v) is 7.99. The largest absolute Gasteiger partial charge is 0.263 e. The zero-order valence-electron chi connectivity index (χ0n) is 7.99. The molecule has 0 atom stereocenters. The van der Waals surface area contributed by atoms with Crippen molar-refractivity contribution in [2.75, 3.05) is 0 Å².